The number of phenolic OH excluding ortho intramolecular Hbond substituents is 3. The summed E-state index contributed by atoms with van der Waals surface area (Å²) in [7, 11) is 0. The summed E-state index contributed by atoms with van der Waals surface area (Å²) >= 11 is 0. The number of aromatic hydroxyl groups is 3. The van der Waals surface area contributed by atoms with E-state index >= 15 is 0 Å². The minimum Gasteiger partial charge on any atom is -0.508 e. The van der Waals surface area contributed by atoms with Gasteiger partial charge >= 0.3 is 0 Å². The molecule has 0 radical (unpaired) electrons. The minimum absolute atomic E-state index is 0.0372. The molecule has 1 aliphatic heterocycles. The molecule has 0 saturated carbocycles. The lowest BCUT2D eigenvalue weighted by molar-refractivity contribution is -0.189. The normalized spacial score (nSPS) is 24.7. The first-order valence-corrected chi connectivity index (χ1v) is 8.76. The first-order valence-electron chi connectivity index (χ1n) is 8.76. The zero-order chi connectivity index (χ0) is 20.9. The molecule has 3 aromatic rings. The van der Waals surface area contributed by atoms with Crippen molar-refractivity contribution in [3.05, 3.63) is 52.2 Å². The first kappa shape index (κ1) is 19.2. The molecule has 1 saturated heterocycles. The van der Waals surface area contributed by atoms with Crippen LogP contribution in [0.2, 0.25) is 0 Å². The number of ether oxygens (including phenoxy) is 1. The zero-order valence-corrected chi connectivity index (χ0v) is 14.9. The van der Waals surface area contributed by atoms with Gasteiger partial charge in [0.1, 0.15) is 58.4 Å². The number of benzene rings is 2. The predicted octanol–water partition coefficient (Wildman–Crippen LogP) is 0.731. The van der Waals surface area contributed by atoms with Crippen molar-refractivity contribution in [3.8, 4) is 28.6 Å². The van der Waals surface area contributed by atoms with Gasteiger partial charge in [0.05, 0.1) is 12.2 Å². The van der Waals surface area contributed by atoms with Gasteiger partial charge in [0, 0.05) is 17.7 Å². The van der Waals surface area contributed by atoms with Crippen molar-refractivity contribution < 1.29 is 39.8 Å². The lowest BCUT2D eigenvalue weighted by Gasteiger charge is -2.35. The molecule has 0 spiro atoms. The first-order chi connectivity index (χ1) is 13.8. The highest BCUT2D eigenvalue weighted by Crippen LogP contribution is 2.43. The Kier molecular flexibility index (Phi) is 4.67. The fourth-order valence-electron chi connectivity index (χ4n) is 3.41. The van der Waals surface area contributed by atoms with Crippen molar-refractivity contribution in [2.45, 2.75) is 24.4 Å². The minimum atomic E-state index is -1.64. The molecule has 2 aromatic carbocycles. The Balaban J connectivity index is 1.86. The number of aliphatic hydroxyl groups is 3. The predicted molar refractivity (Wildman–Crippen MR) is 99.6 cm³/mol. The number of fused-ring (bicyclic) bond motifs is 1. The molecule has 1 aromatic heterocycles. The van der Waals surface area contributed by atoms with Crippen LogP contribution in [-0.2, 0) is 4.74 Å². The second kappa shape index (κ2) is 7.05. The van der Waals surface area contributed by atoms with Gasteiger partial charge in [0.25, 0.3) is 0 Å². The van der Waals surface area contributed by atoms with E-state index in [2.05, 4.69) is 0 Å². The summed E-state index contributed by atoms with van der Waals surface area (Å²) in [6, 6.07) is 8.15. The fourth-order valence-corrected chi connectivity index (χ4v) is 3.41. The molecule has 2 heterocycles. The summed E-state index contributed by atoms with van der Waals surface area (Å²) in [6.45, 7) is -0.339. The number of aliphatic hydroxyl groups excluding tert-OH is 3. The van der Waals surface area contributed by atoms with Crippen LogP contribution in [0.25, 0.3) is 22.3 Å². The number of phenols is 3. The van der Waals surface area contributed by atoms with Crippen LogP contribution in [0, 0.1) is 0 Å². The number of rotatable bonds is 2. The molecular formula is C20H18O9. The monoisotopic (exact) mass is 402 g/mol. The van der Waals surface area contributed by atoms with Crippen LogP contribution in [0.4, 0.5) is 0 Å². The topological polar surface area (TPSA) is 161 Å². The summed E-state index contributed by atoms with van der Waals surface area (Å²) in [5.74, 6) is -0.982. The molecule has 0 aliphatic carbocycles. The average molecular weight is 402 g/mol. The van der Waals surface area contributed by atoms with Gasteiger partial charge in [-0.25, -0.2) is 0 Å². The molecule has 4 atom stereocenters. The van der Waals surface area contributed by atoms with E-state index in [1.165, 1.54) is 24.3 Å². The number of hydrogen-bond donors (Lipinski definition) is 6. The Morgan fingerprint density at radius 2 is 1.62 bits per heavy atom. The van der Waals surface area contributed by atoms with Crippen LogP contribution in [0.5, 0.6) is 17.2 Å². The van der Waals surface area contributed by atoms with Crippen LogP contribution >= 0.6 is 0 Å². The van der Waals surface area contributed by atoms with E-state index in [1.807, 2.05) is 0 Å². The highest BCUT2D eigenvalue weighted by atomic mass is 16.5. The Bertz CT molecular complexity index is 1120. The molecule has 4 rings (SSSR count). The Hall–Kier alpha value is -3.11. The highest BCUT2D eigenvalue weighted by molar-refractivity contribution is 5.88. The molecule has 9 nitrogen and oxygen atoms in total. The molecular weight excluding hydrogens is 384 g/mol. The summed E-state index contributed by atoms with van der Waals surface area (Å²) in [5, 5.41) is 59.8. The SMILES string of the molecule is O=c1cc(-c2ccc(O)cc2)oc2cc(O)c([C@@H]3OC[C@@H](O)[C@H](O)[C@H]3O)c(O)c12. The van der Waals surface area contributed by atoms with Gasteiger partial charge in [-0.05, 0) is 24.3 Å². The van der Waals surface area contributed by atoms with Crippen LogP contribution in [0.3, 0.4) is 0 Å². The molecule has 1 fully saturated rings. The maximum Gasteiger partial charge on any atom is 0.197 e. The molecule has 0 amide bonds. The molecule has 6 N–H and O–H groups in total. The maximum absolute atomic E-state index is 12.7. The van der Waals surface area contributed by atoms with E-state index < -0.39 is 41.3 Å². The summed E-state index contributed by atoms with van der Waals surface area (Å²) in [6.07, 6.45) is -5.90. The van der Waals surface area contributed by atoms with Crippen molar-refractivity contribution >= 4 is 11.0 Å². The highest BCUT2D eigenvalue weighted by Gasteiger charge is 2.41. The van der Waals surface area contributed by atoms with Gasteiger partial charge in [0.2, 0.25) is 0 Å². The third-order valence-corrected chi connectivity index (χ3v) is 4.95. The van der Waals surface area contributed by atoms with Crippen LogP contribution in [0.1, 0.15) is 11.7 Å². The van der Waals surface area contributed by atoms with Crippen molar-refractivity contribution in [1.82, 2.24) is 0 Å². The fraction of sp³-hybridized carbons (Fsp3) is 0.250. The molecule has 9 heteroatoms. The Morgan fingerprint density at radius 1 is 0.931 bits per heavy atom. The molecule has 152 valence electrons. The summed E-state index contributed by atoms with van der Waals surface area (Å²) < 4.78 is 10.9. The summed E-state index contributed by atoms with van der Waals surface area (Å²) in [4.78, 5) is 12.7. The largest absolute Gasteiger partial charge is 0.508 e. The smallest absolute Gasteiger partial charge is 0.197 e. The van der Waals surface area contributed by atoms with Crippen molar-refractivity contribution in [1.29, 1.82) is 0 Å². The quantitative estimate of drug-likeness (QED) is 0.363. The van der Waals surface area contributed by atoms with Crippen molar-refractivity contribution in [2.75, 3.05) is 6.61 Å². The third-order valence-electron chi connectivity index (χ3n) is 4.95. The third kappa shape index (κ3) is 3.19. The Labute approximate surface area is 163 Å². The standard InChI is InChI=1S/C20H18O9/c21-9-3-1-8(2-4-9)13-5-10(22)15-14(29-13)6-11(23)16(18(15)26)20-19(27)17(25)12(24)7-28-20/h1-6,12,17,19-21,23-27H,7H2/t12-,17+,19-,20+/m1/s1. The van der Waals surface area contributed by atoms with Gasteiger partial charge in [-0.3, -0.25) is 4.79 Å². The molecule has 0 bridgehead atoms. The lowest BCUT2D eigenvalue weighted by Crippen LogP contribution is -2.49. The van der Waals surface area contributed by atoms with Gasteiger partial charge < -0.3 is 39.8 Å². The van der Waals surface area contributed by atoms with Gasteiger partial charge in [-0.2, -0.15) is 0 Å². The second-order valence-electron chi connectivity index (χ2n) is 6.86. The van der Waals surface area contributed by atoms with E-state index in [9.17, 15) is 35.4 Å². The van der Waals surface area contributed by atoms with E-state index in [1.54, 1.807) is 0 Å². The van der Waals surface area contributed by atoms with Gasteiger partial charge in [-0.15, -0.1) is 0 Å². The van der Waals surface area contributed by atoms with Gasteiger partial charge in [-0.1, -0.05) is 0 Å². The van der Waals surface area contributed by atoms with E-state index in [-0.39, 0.29) is 34.6 Å². The van der Waals surface area contributed by atoms with Crippen molar-refractivity contribution in [2.24, 2.45) is 0 Å². The van der Waals surface area contributed by atoms with Crippen molar-refractivity contribution in [3.63, 3.8) is 0 Å². The van der Waals surface area contributed by atoms with Crippen LogP contribution < -0.4 is 5.43 Å². The Morgan fingerprint density at radius 3 is 2.31 bits per heavy atom. The zero-order valence-electron chi connectivity index (χ0n) is 14.9. The van der Waals surface area contributed by atoms with Gasteiger partial charge in [0.15, 0.2) is 5.43 Å². The van der Waals surface area contributed by atoms with E-state index in [0.717, 1.165) is 12.1 Å². The number of hydrogen-bond acceptors (Lipinski definition) is 9. The molecule has 29 heavy (non-hydrogen) atoms. The maximum atomic E-state index is 12.7. The van der Waals surface area contributed by atoms with E-state index in [0.29, 0.717) is 5.56 Å². The van der Waals surface area contributed by atoms with E-state index in [4.69, 9.17) is 9.15 Å². The van der Waals surface area contributed by atoms with Crippen LogP contribution in [0.15, 0.2) is 45.6 Å². The summed E-state index contributed by atoms with van der Waals surface area (Å²) in [5.41, 5.74) is -0.516. The van der Waals surface area contributed by atoms with Crippen LogP contribution in [-0.4, -0.2) is 55.6 Å². The second-order valence-corrected chi connectivity index (χ2v) is 6.86. The molecule has 1 aliphatic rings. The average Bonchev–Trinajstić information content (AvgIpc) is 2.67. The molecule has 0 unspecified atom stereocenters. The lowest BCUT2D eigenvalue weighted by atomic mass is 9.92.